The van der Waals surface area contributed by atoms with E-state index in [4.69, 9.17) is 0 Å². The van der Waals surface area contributed by atoms with Crippen LogP contribution in [0, 0.1) is 6.07 Å². The quantitative estimate of drug-likeness (QED) is 0.729. The number of alkyl halides is 1. The SMILES string of the molecule is FCc1cccc(-c2[c-]cccc2)n1.[Pt]. The third-order valence-electron chi connectivity index (χ3n) is 1.93. The molecule has 1 aromatic heterocycles. The molecule has 0 amide bonds. The van der Waals surface area contributed by atoms with Gasteiger partial charge in [0.25, 0.3) is 0 Å². The van der Waals surface area contributed by atoms with Crippen LogP contribution >= 0.6 is 0 Å². The van der Waals surface area contributed by atoms with Gasteiger partial charge in [0.1, 0.15) is 6.67 Å². The summed E-state index contributed by atoms with van der Waals surface area (Å²) in [6.45, 7) is -0.527. The third kappa shape index (κ3) is 2.97. The fourth-order valence-electron chi connectivity index (χ4n) is 1.26. The average molecular weight is 381 g/mol. The fraction of sp³-hybridized carbons (Fsp3) is 0.0833. The van der Waals surface area contributed by atoms with Gasteiger partial charge in [-0.25, -0.2) is 4.39 Å². The first-order valence-corrected chi connectivity index (χ1v) is 4.39. The molecule has 1 heterocycles. The zero-order valence-corrected chi connectivity index (χ0v) is 10.2. The molecule has 1 aromatic carbocycles. The summed E-state index contributed by atoms with van der Waals surface area (Å²) >= 11 is 0. The number of rotatable bonds is 2. The molecular weight excluding hydrogens is 372 g/mol. The summed E-state index contributed by atoms with van der Waals surface area (Å²) in [5.74, 6) is 0. The maximum atomic E-state index is 12.3. The third-order valence-corrected chi connectivity index (χ3v) is 1.93. The van der Waals surface area contributed by atoms with Gasteiger partial charge >= 0.3 is 0 Å². The van der Waals surface area contributed by atoms with Crippen molar-refractivity contribution >= 4 is 0 Å². The Morgan fingerprint density at radius 3 is 2.67 bits per heavy atom. The second-order valence-corrected chi connectivity index (χ2v) is 2.92. The van der Waals surface area contributed by atoms with Crippen LogP contribution in [0.1, 0.15) is 5.69 Å². The summed E-state index contributed by atoms with van der Waals surface area (Å²) in [7, 11) is 0. The van der Waals surface area contributed by atoms with Crippen LogP contribution < -0.4 is 0 Å². The van der Waals surface area contributed by atoms with Crippen LogP contribution in [0.3, 0.4) is 0 Å². The molecule has 0 spiro atoms. The van der Waals surface area contributed by atoms with E-state index in [1.54, 1.807) is 12.1 Å². The topological polar surface area (TPSA) is 12.9 Å². The molecule has 0 atom stereocenters. The molecule has 0 bridgehead atoms. The summed E-state index contributed by atoms with van der Waals surface area (Å²) in [6, 6.07) is 15.9. The molecule has 0 radical (unpaired) electrons. The Morgan fingerprint density at radius 1 is 1.13 bits per heavy atom. The standard InChI is InChI=1S/C12H9FN.Pt/c13-9-11-7-4-8-12(14-11)10-5-2-1-3-6-10;/h1-5,7-8H,9H2;/q-1;. The number of hydrogen-bond acceptors (Lipinski definition) is 1. The maximum absolute atomic E-state index is 12.3. The van der Waals surface area contributed by atoms with Crippen LogP contribution in [0.4, 0.5) is 4.39 Å². The van der Waals surface area contributed by atoms with E-state index in [2.05, 4.69) is 11.1 Å². The number of pyridine rings is 1. The van der Waals surface area contributed by atoms with Gasteiger partial charge in [-0.15, -0.1) is 35.9 Å². The minimum Gasteiger partial charge on any atom is -0.299 e. The largest absolute Gasteiger partial charge is 0.299 e. The molecule has 0 aliphatic heterocycles. The van der Waals surface area contributed by atoms with E-state index in [0.717, 1.165) is 11.3 Å². The molecule has 2 rings (SSSR count). The van der Waals surface area contributed by atoms with Gasteiger partial charge in [0.05, 0.1) is 5.69 Å². The van der Waals surface area contributed by atoms with Gasteiger partial charge in [-0.1, -0.05) is 12.1 Å². The Hall–Kier alpha value is -1.01. The van der Waals surface area contributed by atoms with Crippen LogP contribution in [0.15, 0.2) is 42.5 Å². The van der Waals surface area contributed by atoms with Crippen molar-refractivity contribution in [2.75, 3.05) is 0 Å². The van der Waals surface area contributed by atoms with Gasteiger partial charge in [-0.3, -0.25) is 4.98 Å². The van der Waals surface area contributed by atoms with Crippen molar-refractivity contribution < 1.29 is 25.5 Å². The van der Waals surface area contributed by atoms with Gasteiger partial charge in [0.15, 0.2) is 0 Å². The second-order valence-electron chi connectivity index (χ2n) is 2.92. The van der Waals surface area contributed by atoms with Crippen LogP contribution in [-0.4, -0.2) is 4.98 Å². The molecule has 0 aliphatic rings. The molecule has 0 saturated heterocycles. The van der Waals surface area contributed by atoms with Crippen molar-refractivity contribution in [3.8, 4) is 11.3 Å². The Labute approximate surface area is 103 Å². The molecule has 1 nitrogen and oxygen atoms in total. The molecule has 0 N–H and O–H groups in total. The molecular formula is C12H9FNPt-. The van der Waals surface area contributed by atoms with E-state index in [0.29, 0.717) is 5.69 Å². The Balaban J connectivity index is 0.00000112. The van der Waals surface area contributed by atoms with Crippen molar-refractivity contribution in [1.29, 1.82) is 0 Å². The van der Waals surface area contributed by atoms with Gasteiger partial charge in [-0.05, 0) is 11.8 Å². The van der Waals surface area contributed by atoms with Crippen LogP contribution in [0.5, 0.6) is 0 Å². The molecule has 0 unspecified atom stereocenters. The van der Waals surface area contributed by atoms with Gasteiger partial charge in [0, 0.05) is 21.1 Å². The van der Waals surface area contributed by atoms with Crippen molar-refractivity contribution in [2.24, 2.45) is 0 Å². The summed E-state index contributed by atoms with van der Waals surface area (Å²) in [4.78, 5) is 4.16. The Bertz CT molecular complexity index is 417. The number of halogens is 1. The molecule has 2 aromatic rings. The Morgan fingerprint density at radius 2 is 2.00 bits per heavy atom. The van der Waals surface area contributed by atoms with E-state index < -0.39 is 6.67 Å². The van der Waals surface area contributed by atoms with E-state index in [1.807, 2.05) is 30.3 Å². The van der Waals surface area contributed by atoms with Crippen LogP contribution in [0.25, 0.3) is 11.3 Å². The zero-order valence-electron chi connectivity index (χ0n) is 7.89. The van der Waals surface area contributed by atoms with E-state index in [-0.39, 0.29) is 21.1 Å². The van der Waals surface area contributed by atoms with Crippen LogP contribution in [-0.2, 0) is 27.7 Å². The number of hydrogen-bond donors (Lipinski definition) is 0. The van der Waals surface area contributed by atoms with Crippen molar-refractivity contribution in [3.05, 3.63) is 54.2 Å². The summed E-state index contributed by atoms with van der Waals surface area (Å²) in [5.41, 5.74) is 2.11. The summed E-state index contributed by atoms with van der Waals surface area (Å²) in [6.07, 6.45) is 0. The molecule has 0 fully saturated rings. The van der Waals surface area contributed by atoms with Gasteiger partial charge in [-0.2, -0.15) is 0 Å². The number of nitrogens with zero attached hydrogens (tertiary/aromatic N) is 1. The molecule has 0 saturated carbocycles. The van der Waals surface area contributed by atoms with Crippen molar-refractivity contribution in [3.63, 3.8) is 0 Å². The first kappa shape index (κ1) is 12.1. The second kappa shape index (κ2) is 5.77. The van der Waals surface area contributed by atoms with Crippen LogP contribution in [0.2, 0.25) is 0 Å². The van der Waals surface area contributed by atoms with E-state index >= 15 is 0 Å². The maximum Gasteiger partial charge on any atom is 0.130 e. The van der Waals surface area contributed by atoms with Gasteiger partial charge in [0.2, 0.25) is 0 Å². The molecule has 15 heavy (non-hydrogen) atoms. The average Bonchev–Trinajstić information content (AvgIpc) is 2.30. The Kier molecular flexibility index (Phi) is 4.64. The molecule has 80 valence electrons. The van der Waals surface area contributed by atoms with Crippen molar-refractivity contribution in [2.45, 2.75) is 6.67 Å². The predicted octanol–water partition coefficient (Wildman–Crippen LogP) is 3.02. The summed E-state index contributed by atoms with van der Waals surface area (Å²) < 4.78 is 12.3. The first-order chi connectivity index (χ1) is 6.90. The van der Waals surface area contributed by atoms with E-state index in [9.17, 15) is 4.39 Å². The first-order valence-electron chi connectivity index (χ1n) is 4.39. The molecule has 3 heteroatoms. The van der Waals surface area contributed by atoms with Crippen molar-refractivity contribution in [1.82, 2.24) is 4.98 Å². The van der Waals surface area contributed by atoms with Gasteiger partial charge < -0.3 is 0 Å². The normalized spacial score (nSPS) is 9.40. The summed E-state index contributed by atoms with van der Waals surface area (Å²) in [5, 5.41) is 0. The monoisotopic (exact) mass is 381 g/mol. The number of benzene rings is 1. The number of aromatic nitrogens is 1. The predicted molar refractivity (Wildman–Crippen MR) is 53.3 cm³/mol. The minimum atomic E-state index is -0.527. The molecule has 0 aliphatic carbocycles. The zero-order chi connectivity index (χ0) is 9.80. The smallest absolute Gasteiger partial charge is 0.130 e. The fourth-order valence-corrected chi connectivity index (χ4v) is 1.26. The minimum absolute atomic E-state index is 0. The van der Waals surface area contributed by atoms with E-state index in [1.165, 1.54) is 0 Å².